The van der Waals surface area contributed by atoms with E-state index in [2.05, 4.69) is 10.3 Å². The Morgan fingerprint density at radius 3 is 2.75 bits per heavy atom. The lowest BCUT2D eigenvalue weighted by molar-refractivity contribution is -0.136. The zero-order valence-corrected chi connectivity index (χ0v) is 15.5. The summed E-state index contributed by atoms with van der Waals surface area (Å²) in [6.07, 6.45) is 1.50. The fourth-order valence-electron chi connectivity index (χ4n) is 2.91. The normalized spacial score (nSPS) is 10.8. The Labute approximate surface area is 160 Å². The fraction of sp³-hybridized carbons (Fsp3) is 0.250. The maximum atomic E-state index is 14.0. The number of aliphatic carboxylic acids is 1. The van der Waals surface area contributed by atoms with Crippen LogP contribution in [0.3, 0.4) is 0 Å². The van der Waals surface area contributed by atoms with Gasteiger partial charge in [-0.05, 0) is 37.6 Å². The van der Waals surface area contributed by atoms with Crippen molar-refractivity contribution in [3.05, 3.63) is 64.9 Å². The Hall–Kier alpha value is -3.42. The number of rotatable bonds is 7. The minimum Gasteiger partial charge on any atom is -0.485 e. The molecule has 0 atom stereocenters. The first-order valence-corrected chi connectivity index (χ1v) is 8.73. The standard InChI is InChI=1S/C20H20FN3O4/c1-12-5-3-6-15(21)14(12)11-28-16-7-4-10-24-18(13(2)23-19(16)24)20(27)22-9-8-17(25)26/h3-7,10H,8-9,11H2,1-2H3,(H,22,27)(H,25,26). The molecule has 0 aliphatic heterocycles. The van der Waals surface area contributed by atoms with Crippen molar-refractivity contribution in [2.24, 2.45) is 0 Å². The largest absolute Gasteiger partial charge is 0.485 e. The van der Waals surface area contributed by atoms with Crippen LogP contribution in [0.5, 0.6) is 5.75 Å². The van der Waals surface area contributed by atoms with Gasteiger partial charge < -0.3 is 15.2 Å². The molecule has 0 radical (unpaired) electrons. The summed E-state index contributed by atoms with van der Waals surface area (Å²) < 4.78 is 21.4. The number of nitrogens with one attached hydrogen (secondary N) is 1. The average Bonchev–Trinajstić information content (AvgIpc) is 2.97. The van der Waals surface area contributed by atoms with Crippen LogP contribution < -0.4 is 10.1 Å². The van der Waals surface area contributed by atoms with Crippen LogP contribution in [0.2, 0.25) is 0 Å². The van der Waals surface area contributed by atoms with E-state index in [4.69, 9.17) is 9.84 Å². The van der Waals surface area contributed by atoms with Crippen molar-refractivity contribution in [1.29, 1.82) is 0 Å². The molecular weight excluding hydrogens is 365 g/mol. The topological polar surface area (TPSA) is 92.9 Å². The third-order valence-corrected chi connectivity index (χ3v) is 4.35. The Morgan fingerprint density at radius 2 is 2.04 bits per heavy atom. The molecule has 0 aliphatic rings. The molecule has 1 aromatic carbocycles. The maximum Gasteiger partial charge on any atom is 0.305 e. The summed E-state index contributed by atoms with van der Waals surface area (Å²) in [4.78, 5) is 27.5. The van der Waals surface area contributed by atoms with Gasteiger partial charge in [0.05, 0.1) is 12.1 Å². The van der Waals surface area contributed by atoms with Crippen molar-refractivity contribution in [3.63, 3.8) is 0 Å². The van der Waals surface area contributed by atoms with E-state index >= 15 is 0 Å². The van der Waals surface area contributed by atoms with Gasteiger partial charge in [-0.3, -0.25) is 14.0 Å². The summed E-state index contributed by atoms with van der Waals surface area (Å²) in [6, 6.07) is 8.23. The average molecular weight is 385 g/mol. The predicted molar refractivity (Wildman–Crippen MR) is 100.0 cm³/mol. The Balaban J connectivity index is 1.86. The number of ether oxygens (including phenoxy) is 1. The Morgan fingerprint density at radius 1 is 1.25 bits per heavy atom. The number of nitrogens with zero attached hydrogens (tertiary/aromatic N) is 2. The highest BCUT2D eigenvalue weighted by atomic mass is 19.1. The van der Waals surface area contributed by atoms with Crippen molar-refractivity contribution in [2.75, 3.05) is 6.54 Å². The molecule has 2 N–H and O–H groups in total. The quantitative estimate of drug-likeness (QED) is 0.652. The summed E-state index contributed by atoms with van der Waals surface area (Å²) in [5.41, 5.74) is 2.45. The van der Waals surface area contributed by atoms with Crippen molar-refractivity contribution < 1.29 is 23.8 Å². The monoisotopic (exact) mass is 385 g/mol. The molecule has 146 valence electrons. The van der Waals surface area contributed by atoms with Gasteiger partial charge in [-0.15, -0.1) is 0 Å². The maximum absolute atomic E-state index is 14.0. The number of fused-ring (bicyclic) bond motifs is 1. The molecule has 2 aromatic heterocycles. The van der Waals surface area contributed by atoms with Crippen LogP contribution in [0.15, 0.2) is 36.5 Å². The lowest BCUT2D eigenvalue weighted by Crippen LogP contribution is -2.27. The summed E-state index contributed by atoms with van der Waals surface area (Å²) in [5.74, 6) is -1.34. The van der Waals surface area contributed by atoms with Crippen molar-refractivity contribution in [1.82, 2.24) is 14.7 Å². The molecule has 0 bridgehead atoms. The van der Waals surface area contributed by atoms with Crippen LogP contribution in [-0.4, -0.2) is 32.9 Å². The molecule has 2 heterocycles. The second kappa shape index (κ2) is 8.08. The minimum atomic E-state index is -0.991. The Bertz CT molecular complexity index is 1030. The molecule has 1 amide bonds. The molecule has 7 nitrogen and oxygen atoms in total. The zero-order chi connectivity index (χ0) is 20.3. The van der Waals surface area contributed by atoms with Crippen LogP contribution in [0.1, 0.15) is 33.7 Å². The molecule has 0 saturated heterocycles. The number of aromatic nitrogens is 2. The fourth-order valence-corrected chi connectivity index (χ4v) is 2.91. The lowest BCUT2D eigenvalue weighted by Gasteiger charge is -2.11. The molecule has 0 fully saturated rings. The summed E-state index contributed by atoms with van der Waals surface area (Å²) in [5, 5.41) is 11.3. The number of carbonyl (C=O) groups excluding carboxylic acids is 1. The van der Waals surface area contributed by atoms with E-state index in [0.717, 1.165) is 5.56 Å². The van der Waals surface area contributed by atoms with Gasteiger partial charge in [-0.1, -0.05) is 12.1 Å². The van der Waals surface area contributed by atoms with Crippen molar-refractivity contribution in [3.8, 4) is 5.75 Å². The first-order valence-electron chi connectivity index (χ1n) is 8.73. The highest BCUT2D eigenvalue weighted by Gasteiger charge is 2.19. The third kappa shape index (κ3) is 3.95. The van der Waals surface area contributed by atoms with Crippen molar-refractivity contribution >= 4 is 17.5 Å². The molecule has 3 aromatic rings. The first-order chi connectivity index (χ1) is 13.4. The molecular formula is C20H20FN3O4. The molecule has 0 spiro atoms. The number of hydrogen-bond donors (Lipinski definition) is 2. The molecule has 3 rings (SSSR count). The van der Waals surface area contributed by atoms with Crippen LogP contribution in [0.4, 0.5) is 4.39 Å². The van der Waals surface area contributed by atoms with Gasteiger partial charge in [0.1, 0.15) is 18.1 Å². The summed E-state index contributed by atoms with van der Waals surface area (Å²) in [6.45, 7) is 3.54. The summed E-state index contributed by atoms with van der Waals surface area (Å²) in [7, 11) is 0. The number of pyridine rings is 1. The van der Waals surface area contributed by atoms with E-state index < -0.39 is 11.9 Å². The van der Waals surface area contributed by atoms with Crippen LogP contribution >= 0.6 is 0 Å². The van der Waals surface area contributed by atoms with Gasteiger partial charge in [-0.2, -0.15) is 0 Å². The summed E-state index contributed by atoms with van der Waals surface area (Å²) >= 11 is 0. The van der Waals surface area contributed by atoms with Gasteiger partial charge in [0.15, 0.2) is 11.4 Å². The number of aryl methyl sites for hydroxylation is 2. The number of hydrogen-bond acceptors (Lipinski definition) is 4. The van der Waals surface area contributed by atoms with Gasteiger partial charge in [0.2, 0.25) is 0 Å². The molecule has 0 unspecified atom stereocenters. The number of carbonyl (C=O) groups is 2. The number of halogens is 1. The van der Waals surface area contributed by atoms with Gasteiger partial charge >= 0.3 is 5.97 Å². The Kier molecular flexibility index (Phi) is 5.58. The van der Waals surface area contributed by atoms with Gasteiger partial charge in [0, 0.05) is 18.3 Å². The second-order valence-electron chi connectivity index (χ2n) is 6.34. The number of imidazole rings is 1. The van der Waals surface area contributed by atoms with E-state index in [9.17, 15) is 14.0 Å². The molecule has 28 heavy (non-hydrogen) atoms. The second-order valence-corrected chi connectivity index (χ2v) is 6.34. The zero-order valence-electron chi connectivity index (χ0n) is 15.5. The van der Waals surface area contributed by atoms with Crippen molar-refractivity contribution in [2.45, 2.75) is 26.9 Å². The van der Waals surface area contributed by atoms with Gasteiger partial charge in [0.25, 0.3) is 5.91 Å². The highest BCUT2D eigenvalue weighted by Crippen LogP contribution is 2.24. The number of benzene rings is 1. The molecule has 0 saturated carbocycles. The first kappa shape index (κ1) is 19.3. The highest BCUT2D eigenvalue weighted by molar-refractivity contribution is 5.95. The minimum absolute atomic E-state index is 0.0175. The van der Waals surface area contributed by atoms with Crippen LogP contribution in [-0.2, 0) is 11.4 Å². The van der Waals surface area contributed by atoms with E-state index in [1.165, 1.54) is 6.07 Å². The van der Waals surface area contributed by atoms with Crippen LogP contribution in [0.25, 0.3) is 5.65 Å². The van der Waals surface area contributed by atoms with E-state index in [1.54, 1.807) is 35.7 Å². The number of carboxylic acids is 1. The third-order valence-electron chi connectivity index (χ3n) is 4.35. The van der Waals surface area contributed by atoms with E-state index in [1.807, 2.05) is 13.0 Å². The molecule has 8 heteroatoms. The molecule has 0 aliphatic carbocycles. The predicted octanol–water partition coefficient (Wildman–Crippen LogP) is 2.87. The smallest absolute Gasteiger partial charge is 0.305 e. The number of carboxylic acid groups (broad SMARTS) is 1. The number of amides is 1. The SMILES string of the molecule is Cc1cccc(F)c1COc1cccn2c(C(=O)NCCC(=O)O)c(C)nc12. The van der Waals surface area contributed by atoms with E-state index in [0.29, 0.717) is 28.3 Å². The lowest BCUT2D eigenvalue weighted by atomic mass is 10.1. The van der Waals surface area contributed by atoms with Crippen LogP contribution in [0, 0.1) is 19.7 Å². The van der Waals surface area contributed by atoms with E-state index in [-0.39, 0.29) is 25.4 Å². The van der Waals surface area contributed by atoms with Gasteiger partial charge in [-0.25, -0.2) is 9.37 Å².